The fourth-order valence-corrected chi connectivity index (χ4v) is 3.79. The summed E-state index contributed by atoms with van der Waals surface area (Å²) in [5.41, 5.74) is 0.823. The summed E-state index contributed by atoms with van der Waals surface area (Å²) in [5, 5.41) is 0. The lowest BCUT2D eigenvalue weighted by atomic mass is 9.78. The minimum Gasteiger partial charge on any atom is -0.0625 e. The molecule has 0 aromatic carbocycles. The summed E-state index contributed by atoms with van der Waals surface area (Å²) in [5.74, 6) is 1.96. The van der Waals surface area contributed by atoms with Crippen molar-refractivity contribution in [2.24, 2.45) is 17.3 Å². The average molecular weight is 194 g/mol. The summed E-state index contributed by atoms with van der Waals surface area (Å²) in [7, 11) is 0. The first kappa shape index (κ1) is 10.5. The molecule has 0 nitrogen and oxygen atoms in total. The quantitative estimate of drug-likeness (QED) is 0.563. The van der Waals surface area contributed by atoms with Crippen LogP contribution in [-0.4, -0.2) is 0 Å². The Kier molecular flexibility index (Phi) is 3.19. The second-order valence-corrected chi connectivity index (χ2v) is 6.14. The van der Waals surface area contributed by atoms with Crippen LogP contribution in [0.5, 0.6) is 0 Å². The highest BCUT2D eigenvalue weighted by molar-refractivity contribution is 4.87. The molecule has 0 aromatic rings. The summed E-state index contributed by atoms with van der Waals surface area (Å²) in [6, 6.07) is 0. The van der Waals surface area contributed by atoms with E-state index in [-0.39, 0.29) is 0 Å². The van der Waals surface area contributed by atoms with E-state index < -0.39 is 0 Å². The minimum atomic E-state index is 0.823. The van der Waals surface area contributed by atoms with Gasteiger partial charge in [-0.15, -0.1) is 0 Å². The second-order valence-electron chi connectivity index (χ2n) is 6.14. The van der Waals surface area contributed by atoms with Crippen molar-refractivity contribution in [3.8, 4) is 0 Å². The Balaban J connectivity index is 1.93. The molecular formula is C14H26. The van der Waals surface area contributed by atoms with Gasteiger partial charge >= 0.3 is 0 Å². The Morgan fingerprint density at radius 1 is 0.857 bits per heavy atom. The molecule has 0 heteroatoms. The van der Waals surface area contributed by atoms with Crippen molar-refractivity contribution in [3.63, 3.8) is 0 Å². The highest BCUT2D eigenvalue weighted by Gasteiger charge is 2.35. The van der Waals surface area contributed by atoms with Gasteiger partial charge in [0.05, 0.1) is 0 Å². The van der Waals surface area contributed by atoms with Gasteiger partial charge < -0.3 is 0 Å². The van der Waals surface area contributed by atoms with Crippen LogP contribution in [0.3, 0.4) is 0 Å². The molecule has 1 spiro atoms. The Hall–Kier alpha value is 0. The van der Waals surface area contributed by atoms with Crippen molar-refractivity contribution < 1.29 is 0 Å². The predicted octanol–water partition coefficient (Wildman–Crippen LogP) is 4.78. The molecular weight excluding hydrogens is 168 g/mol. The zero-order chi connectivity index (χ0) is 10.0. The topological polar surface area (TPSA) is 0 Å². The predicted molar refractivity (Wildman–Crippen MR) is 62.3 cm³/mol. The van der Waals surface area contributed by atoms with Crippen LogP contribution in [0.15, 0.2) is 0 Å². The van der Waals surface area contributed by atoms with Crippen molar-refractivity contribution >= 4 is 0 Å². The summed E-state index contributed by atoms with van der Waals surface area (Å²) in [6.07, 6.45) is 13.8. The third kappa shape index (κ3) is 2.15. The molecule has 0 aromatic heterocycles. The monoisotopic (exact) mass is 194 g/mol. The highest BCUT2D eigenvalue weighted by Crippen LogP contribution is 2.49. The van der Waals surface area contributed by atoms with Crippen LogP contribution >= 0.6 is 0 Å². The third-order valence-corrected chi connectivity index (χ3v) is 4.93. The molecule has 1 atom stereocenters. The van der Waals surface area contributed by atoms with E-state index in [0.717, 1.165) is 17.3 Å². The average Bonchev–Trinajstić information content (AvgIpc) is 2.47. The van der Waals surface area contributed by atoms with Crippen molar-refractivity contribution in [2.75, 3.05) is 0 Å². The van der Waals surface area contributed by atoms with Gasteiger partial charge in [0.15, 0.2) is 0 Å². The molecule has 0 radical (unpaired) electrons. The van der Waals surface area contributed by atoms with E-state index in [0.29, 0.717) is 0 Å². The van der Waals surface area contributed by atoms with Gasteiger partial charge in [-0.05, 0) is 49.4 Å². The van der Waals surface area contributed by atoms with E-state index in [9.17, 15) is 0 Å². The van der Waals surface area contributed by atoms with Gasteiger partial charge in [0.25, 0.3) is 0 Å². The molecule has 0 saturated heterocycles. The van der Waals surface area contributed by atoms with E-state index in [2.05, 4.69) is 13.8 Å². The van der Waals surface area contributed by atoms with Crippen LogP contribution in [-0.2, 0) is 0 Å². The van der Waals surface area contributed by atoms with Gasteiger partial charge in [0.1, 0.15) is 0 Å². The van der Waals surface area contributed by atoms with Crippen molar-refractivity contribution in [1.82, 2.24) is 0 Å². The van der Waals surface area contributed by atoms with E-state index in [1.807, 2.05) is 0 Å². The molecule has 2 rings (SSSR count). The van der Waals surface area contributed by atoms with Crippen LogP contribution in [0.25, 0.3) is 0 Å². The maximum atomic E-state index is 2.41. The fourth-order valence-electron chi connectivity index (χ4n) is 3.79. The molecule has 0 amide bonds. The smallest absolute Gasteiger partial charge is 0.0297 e. The first-order valence-electron chi connectivity index (χ1n) is 6.72. The van der Waals surface area contributed by atoms with Gasteiger partial charge in [-0.3, -0.25) is 0 Å². The first-order chi connectivity index (χ1) is 6.72. The highest BCUT2D eigenvalue weighted by atomic mass is 14.4. The van der Waals surface area contributed by atoms with Gasteiger partial charge in [0, 0.05) is 0 Å². The van der Waals surface area contributed by atoms with Crippen molar-refractivity contribution in [3.05, 3.63) is 0 Å². The largest absolute Gasteiger partial charge is 0.0625 e. The molecule has 0 N–H and O–H groups in total. The molecule has 2 aliphatic rings. The number of hydrogen-bond acceptors (Lipinski definition) is 0. The van der Waals surface area contributed by atoms with Gasteiger partial charge in [-0.1, -0.05) is 39.5 Å². The molecule has 2 aliphatic carbocycles. The van der Waals surface area contributed by atoms with Gasteiger partial charge in [0.2, 0.25) is 0 Å². The molecule has 14 heavy (non-hydrogen) atoms. The van der Waals surface area contributed by atoms with Crippen LogP contribution in [0.4, 0.5) is 0 Å². The first-order valence-corrected chi connectivity index (χ1v) is 6.72. The van der Waals surface area contributed by atoms with Crippen molar-refractivity contribution in [1.29, 1.82) is 0 Å². The molecule has 2 fully saturated rings. The van der Waals surface area contributed by atoms with Crippen molar-refractivity contribution in [2.45, 2.75) is 71.6 Å². The Bertz CT molecular complexity index is 174. The maximum Gasteiger partial charge on any atom is -0.0297 e. The number of rotatable bonds is 1. The third-order valence-electron chi connectivity index (χ3n) is 4.93. The van der Waals surface area contributed by atoms with E-state index in [1.165, 1.54) is 32.1 Å². The minimum absolute atomic E-state index is 0.823. The summed E-state index contributed by atoms with van der Waals surface area (Å²) < 4.78 is 0. The van der Waals surface area contributed by atoms with Gasteiger partial charge in [-0.25, -0.2) is 0 Å². The molecule has 2 saturated carbocycles. The molecule has 1 unspecified atom stereocenters. The lowest BCUT2D eigenvalue weighted by Crippen LogP contribution is -2.15. The molecule has 0 heterocycles. The normalized spacial score (nSPS) is 32.4. The Morgan fingerprint density at radius 2 is 1.50 bits per heavy atom. The van der Waals surface area contributed by atoms with Crippen LogP contribution in [0, 0.1) is 17.3 Å². The summed E-state index contributed by atoms with van der Waals surface area (Å²) in [4.78, 5) is 0. The lowest BCUT2D eigenvalue weighted by Gasteiger charge is -2.27. The molecule has 0 aliphatic heterocycles. The zero-order valence-electron chi connectivity index (χ0n) is 10.0. The summed E-state index contributed by atoms with van der Waals surface area (Å²) in [6.45, 7) is 4.83. The standard InChI is InChI=1S/C14H26/c1-12(2)13-6-5-10-14(11-7-13)8-3-4-9-14/h12-13H,3-11H2,1-2H3. The van der Waals surface area contributed by atoms with Crippen LogP contribution in [0.2, 0.25) is 0 Å². The van der Waals surface area contributed by atoms with Crippen LogP contribution in [0.1, 0.15) is 71.6 Å². The van der Waals surface area contributed by atoms with E-state index in [4.69, 9.17) is 0 Å². The fraction of sp³-hybridized carbons (Fsp3) is 1.00. The number of hydrogen-bond donors (Lipinski definition) is 0. The molecule has 0 bridgehead atoms. The zero-order valence-corrected chi connectivity index (χ0v) is 10.0. The second kappa shape index (κ2) is 4.24. The van der Waals surface area contributed by atoms with Gasteiger partial charge in [-0.2, -0.15) is 0 Å². The summed E-state index contributed by atoms with van der Waals surface area (Å²) >= 11 is 0. The molecule has 82 valence electrons. The van der Waals surface area contributed by atoms with Crippen LogP contribution < -0.4 is 0 Å². The lowest BCUT2D eigenvalue weighted by molar-refractivity contribution is 0.243. The van der Waals surface area contributed by atoms with E-state index >= 15 is 0 Å². The van der Waals surface area contributed by atoms with E-state index in [1.54, 1.807) is 25.7 Å². The SMILES string of the molecule is CC(C)C1CCCC2(CCCC2)CC1. The Morgan fingerprint density at radius 3 is 2.14 bits per heavy atom. The maximum absolute atomic E-state index is 2.41. The Labute approximate surface area is 89.5 Å².